The van der Waals surface area contributed by atoms with Gasteiger partial charge in [-0.2, -0.15) is 0 Å². The Kier molecular flexibility index (Phi) is 5.04. The lowest BCUT2D eigenvalue weighted by molar-refractivity contribution is 0.639. The van der Waals surface area contributed by atoms with Crippen LogP contribution in [0.15, 0.2) is 115 Å². The molecule has 0 heterocycles. The maximum atomic E-state index is 3.82. The van der Waals surface area contributed by atoms with Gasteiger partial charge in [0.25, 0.3) is 0 Å². The molecule has 0 amide bonds. The highest BCUT2D eigenvalue weighted by Gasteiger charge is 2.35. The van der Waals surface area contributed by atoms with E-state index in [1.165, 1.54) is 50.2 Å². The van der Waals surface area contributed by atoms with Gasteiger partial charge >= 0.3 is 0 Å². The van der Waals surface area contributed by atoms with Crippen LogP contribution in [-0.2, 0) is 5.41 Å². The highest BCUT2D eigenvalue weighted by atomic mass is 15.0. The molecule has 1 nitrogen and oxygen atoms in total. The van der Waals surface area contributed by atoms with Gasteiger partial charge in [-0.15, -0.1) is 0 Å². The number of hydrogen-bond donors (Lipinski definition) is 1. The quantitative estimate of drug-likeness (QED) is 0.325. The van der Waals surface area contributed by atoms with Crippen molar-refractivity contribution in [2.75, 3.05) is 5.32 Å². The van der Waals surface area contributed by atoms with Crippen molar-refractivity contribution >= 4 is 11.3 Å². The van der Waals surface area contributed by atoms with E-state index in [2.05, 4.69) is 141 Å². The van der Waals surface area contributed by atoms with Gasteiger partial charge in [-0.25, -0.2) is 0 Å². The second-order valence-electron chi connectivity index (χ2n) is 10.6. The summed E-state index contributed by atoms with van der Waals surface area (Å²) in [5.41, 5.74) is 11.7. The molecule has 6 rings (SSSR count). The second kappa shape index (κ2) is 8.13. The summed E-state index contributed by atoms with van der Waals surface area (Å²) < 4.78 is 0. The minimum atomic E-state index is -0.114. The number of benzene rings is 4. The van der Waals surface area contributed by atoms with Crippen LogP contribution in [-0.4, -0.2) is 5.54 Å². The van der Waals surface area contributed by atoms with Gasteiger partial charge in [0.2, 0.25) is 0 Å². The standard InChI is InChI=1S/C34H31N/c1-33(2)31-12-8-7-11-29(31)30-18-17-28(23-32(30)33)35-34(3)21-19-27(20-22-34)26-15-13-25(14-16-26)24-9-5-4-6-10-24/h4-21,23,35H,22H2,1-3H3. The molecule has 0 aromatic heterocycles. The van der Waals surface area contributed by atoms with Gasteiger partial charge in [-0.05, 0) is 70.0 Å². The number of hydrogen-bond acceptors (Lipinski definition) is 1. The molecule has 2 aliphatic rings. The largest absolute Gasteiger partial charge is 0.376 e. The van der Waals surface area contributed by atoms with E-state index in [0.717, 1.165) is 6.42 Å². The molecule has 0 bridgehead atoms. The topological polar surface area (TPSA) is 12.0 Å². The summed E-state index contributed by atoms with van der Waals surface area (Å²) in [4.78, 5) is 0. The highest BCUT2D eigenvalue weighted by molar-refractivity contribution is 5.83. The fourth-order valence-electron chi connectivity index (χ4n) is 5.64. The predicted molar refractivity (Wildman–Crippen MR) is 150 cm³/mol. The summed E-state index contributed by atoms with van der Waals surface area (Å²) in [7, 11) is 0. The summed E-state index contributed by atoms with van der Waals surface area (Å²) in [5, 5.41) is 3.82. The van der Waals surface area contributed by atoms with Crippen LogP contribution in [0.25, 0.3) is 27.8 Å². The lowest BCUT2D eigenvalue weighted by Crippen LogP contribution is -2.33. The maximum absolute atomic E-state index is 3.82. The van der Waals surface area contributed by atoms with Crippen molar-refractivity contribution in [3.8, 4) is 22.3 Å². The Balaban J connectivity index is 1.20. The first-order valence-electron chi connectivity index (χ1n) is 12.5. The fourth-order valence-corrected chi connectivity index (χ4v) is 5.64. The normalized spacial score (nSPS) is 19.6. The second-order valence-corrected chi connectivity index (χ2v) is 10.6. The van der Waals surface area contributed by atoms with Crippen LogP contribution in [0.2, 0.25) is 0 Å². The smallest absolute Gasteiger partial charge is 0.0566 e. The Labute approximate surface area is 208 Å². The van der Waals surface area contributed by atoms with E-state index in [-0.39, 0.29) is 11.0 Å². The lowest BCUT2D eigenvalue weighted by Gasteiger charge is -2.31. The molecule has 0 spiro atoms. The van der Waals surface area contributed by atoms with Crippen LogP contribution in [0.4, 0.5) is 5.69 Å². The molecule has 1 N–H and O–H groups in total. The van der Waals surface area contributed by atoms with Crippen LogP contribution in [0, 0.1) is 0 Å². The van der Waals surface area contributed by atoms with Crippen molar-refractivity contribution in [2.45, 2.75) is 38.1 Å². The van der Waals surface area contributed by atoms with Gasteiger partial charge in [0, 0.05) is 11.1 Å². The number of nitrogens with one attached hydrogen (secondary N) is 1. The van der Waals surface area contributed by atoms with E-state index in [4.69, 9.17) is 0 Å². The van der Waals surface area contributed by atoms with Crippen molar-refractivity contribution in [2.24, 2.45) is 0 Å². The first kappa shape index (κ1) is 21.7. The number of rotatable bonds is 4. The van der Waals surface area contributed by atoms with Crippen LogP contribution >= 0.6 is 0 Å². The molecule has 4 aromatic rings. The average Bonchev–Trinajstić information content (AvgIpc) is 3.11. The van der Waals surface area contributed by atoms with Gasteiger partial charge < -0.3 is 5.32 Å². The zero-order valence-corrected chi connectivity index (χ0v) is 20.7. The van der Waals surface area contributed by atoms with Crippen molar-refractivity contribution in [1.29, 1.82) is 0 Å². The Morgan fingerprint density at radius 3 is 2.03 bits per heavy atom. The summed E-state index contributed by atoms with van der Waals surface area (Å²) in [5.74, 6) is 0. The van der Waals surface area contributed by atoms with Gasteiger partial charge in [0.15, 0.2) is 0 Å². The molecule has 1 unspecified atom stereocenters. The Morgan fingerprint density at radius 2 is 1.29 bits per heavy atom. The van der Waals surface area contributed by atoms with E-state index in [0.29, 0.717) is 0 Å². The molecule has 0 saturated carbocycles. The van der Waals surface area contributed by atoms with Crippen LogP contribution < -0.4 is 5.32 Å². The molecule has 0 radical (unpaired) electrons. The summed E-state index contributed by atoms with van der Waals surface area (Å²) in [6.45, 7) is 6.95. The minimum Gasteiger partial charge on any atom is -0.376 e. The molecular weight excluding hydrogens is 422 g/mol. The zero-order chi connectivity index (χ0) is 24.0. The van der Waals surface area contributed by atoms with E-state index in [1.807, 2.05) is 0 Å². The maximum Gasteiger partial charge on any atom is 0.0566 e. The van der Waals surface area contributed by atoms with Gasteiger partial charge in [-0.3, -0.25) is 0 Å². The number of fused-ring (bicyclic) bond motifs is 3. The molecule has 172 valence electrons. The number of allylic oxidation sites excluding steroid dienone is 2. The van der Waals surface area contributed by atoms with Crippen molar-refractivity contribution in [1.82, 2.24) is 0 Å². The predicted octanol–water partition coefficient (Wildman–Crippen LogP) is 8.87. The van der Waals surface area contributed by atoms with Crippen molar-refractivity contribution < 1.29 is 0 Å². The highest BCUT2D eigenvalue weighted by Crippen LogP contribution is 2.49. The molecule has 0 saturated heterocycles. The van der Waals surface area contributed by atoms with E-state index < -0.39 is 0 Å². The summed E-state index contributed by atoms with van der Waals surface area (Å²) >= 11 is 0. The Bertz CT molecular complexity index is 1450. The molecule has 2 aliphatic carbocycles. The molecular formula is C34H31N. The van der Waals surface area contributed by atoms with E-state index in [9.17, 15) is 0 Å². The number of anilines is 1. The third kappa shape index (κ3) is 3.82. The Morgan fingerprint density at radius 1 is 0.629 bits per heavy atom. The molecule has 1 atom stereocenters. The minimum absolute atomic E-state index is 0.0198. The fraction of sp³-hybridized carbons (Fsp3) is 0.176. The van der Waals surface area contributed by atoms with Crippen LogP contribution in [0.3, 0.4) is 0 Å². The van der Waals surface area contributed by atoms with Gasteiger partial charge in [0.05, 0.1) is 5.54 Å². The third-order valence-corrected chi connectivity index (χ3v) is 7.72. The first-order valence-corrected chi connectivity index (χ1v) is 12.5. The molecule has 1 heteroatoms. The summed E-state index contributed by atoms with van der Waals surface area (Å²) in [6.07, 6.45) is 7.89. The third-order valence-electron chi connectivity index (χ3n) is 7.72. The van der Waals surface area contributed by atoms with Gasteiger partial charge in [0.1, 0.15) is 0 Å². The van der Waals surface area contributed by atoms with Crippen LogP contribution in [0.1, 0.15) is 43.9 Å². The molecule has 0 aliphatic heterocycles. The van der Waals surface area contributed by atoms with Crippen molar-refractivity contribution in [3.05, 3.63) is 132 Å². The Hall–Kier alpha value is -3.84. The SMILES string of the molecule is CC1(Nc2ccc3c(c2)C(C)(C)c2ccccc2-3)C=CC(c2ccc(-c3ccccc3)cc2)=CC1. The lowest BCUT2D eigenvalue weighted by atomic mass is 9.82. The molecule has 4 aromatic carbocycles. The van der Waals surface area contributed by atoms with Crippen LogP contribution in [0.5, 0.6) is 0 Å². The monoisotopic (exact) mass is 453 g/mol. The zero-order valence-electron chi connectivity index (χ0n) is 20.7. The van der Waals surface area contributed by atoms with Crippen molar-refractivity contribution in [3.63, 3.8) is 0 Å². The van der Waals surface area contributed by atoms with E-state index in [1.54, 1.807) is 0 Å². The molecule has 35 heavy (non-hydrogen) atoms. The molecule has 0 fully saturated rings. The average molecular weight is 454 g/mol. The van der Waals surface area contributed by atoms with E-state index >= 15 is 0 Å². The summed E-state index contributed by atoms with van der Waals surface area (Å²) in [6, 6.07) is 35.1. The first-order chi connectivity index (χ1) is 16.9. The van der Waals surface area contributed by atoms with Gasteiger partial charge in [-0.1, -0.05) is 117 Å².